The van der Waals surface area contributed by atoms with Crippen LogP contribution in [-0.4, -0.2) is 4.98 Å². The van der Waals surface area contributed by atoms with E-state index in [2.05, 4.69) is 41.4 Å². The predicted octanol–water partition coefficient (Wildman–Crippen LogP) is 5.15. The normalized spacial score (nSPS) is 12.4. The molecule has 1 aromatic heterocycles. The number of hydrogen-bond acceptors (Lipinski definition) is 1. The van der Waals surface area contributed by atoms with Crippen molar-refractivity contribution in [1.29, 1.82) is 0 Å². The molecule has 0 bridgehead atoms. The molecule has 0 N–H and O–H groups in total. The van der Waals surface area contributed by atoms with Crippen LogP contribution in [-0.2, 0) is 6.42 Å². The molecule has 0 fully saturated rings. The zero-order valence-electron chi connectivity index (χ0n) is 11.2. The van der Waals surface area contributed by atoms with Crippen molar-refractivity contribution < 1.29 is 0 Å². The van der Waals surface area contributed by atoms with Crippen molar-refractivity contribution in [3.63, 3.8) is 0 Å². The number of hydrogen-bond donors (Lipinski definition) is 0. The average molecular weight is 282 g/mol. The number of pyridine rings is 1. The minimum absolute atomic E-state index is 0.0702. The maximum atomic E-state index is 6.46. The van der Waals surface area contributed by atoms with Crippen molar-refractivity contribution in [2.45, 2.75) is 18.2 Å². The van der Waals surface area contributed by atoms with Gasteiger partial charge >= 0.3 is 0 Å². The highest BCUT2D eigenvalue weighted by molar-refractivity contribution is 6.20. The molecule has 0 saturated carbocycles. The van der Waals surface area contributed by atoms with E-state index in [4.69, 9.17) is 11.6 Å². The highest BCUT2D eigenvalue weighted by atomic mass is 35.5. The molecule has 3 rings (SSSR count). The minimum atomic E-state index is 0.0702. The molecule has 0 aliphatic carbocycles. The molecule has 0 radical (unpaired) electrons. The molecular formula is C18H16ClN. The van der Waals surface area contributed by atoms with Crippen LogP contribution in [0.4, 0.5) is 0 Å². The van der Waals surface area contributed by atoms with E-state index in [1.165, 1.54) is 16.5 Å². The van der Waals surface area contributed by atoms with E-state index >= 15 is 0 Å². The van der Waals surface area contributed by atoms with Crippen LogP contribution < -0.4 is 0 Å². The van der Waals surface area contributed by atoms with Gasteiger partial charge in [0, 0.05) is 11.6 Å². The Balaban J connectivity index is 1.70. The van der Waals surface area contributed by atoms with Crippen molar-refractivity contribution in [1.82, 2.24) is 4.98 Å². The van der Waals surface area contributed by atoms with Gasteiger partial charge in [0.15, 0.2) is 0 Å². The third-order valence-electron chi connectivity index (χ3n) is 3.52. The van der Waals surface area contributed by atoms with Crippen LogP contribution in [0.3, 0.4) is 0 Å². The molecular weight excluding hydrogens is 266 g/mol. The third kappa shape index (κ3) is 3.00. The molecule has 0 amide bonds. The van der Waals surface area contributed by atoms with Gasteiger partial charge in [0.05, 0.1) is 10.9 Å². The second-order valence-electron chi connectivity index (χ2n) is 4.95. The molecule has 1 atom stereocenters. The van der Waals surface area contributed by atoms with Crippen molar-refractivity contribution in [2.24, 2.45) is 0 Å². The quantitative estimate of drug-likeness (QED) is 0.603. The Bertz CT molecular complexity index is 694. The van der Waals surface area contributed by atoms with Gasteiger partial charge in [-0.05, 0) is 42.2 Å². The number of rotatable bonds is 4. The van der Waals surface area contributed by atoms with Crippen LogP contribution in [0.15, 0.2) is 66.9 Å². The second kappa shape index (κ2) is 6.06. The highest BCUT2D eigenvalue weighted by Gasteiger charge is 2.07. The van der Waals surface area contributed by atoms with E-state index in [1.54, 1.807) is 0 Å². The van der Waals surface area contributed by atoms with Crippen LogP contribution in [0.25, 0.3) is 10.9 Å². The fraction of sp³-hybridized carbons (Fsp3) is 0.167. The Morgan fingerprint density at radius 2 is 1.80 bits per heavy atom. The lowest BCUT2D eigenvalue weighted by Crippen LogP contribution is -1.94. The molecule has 0 saturated heterocycles. The number of alkyl halides is 1. The van der Waals surface area contributed by atoms with Crippen LogP contribution in [0.1, 0.15) is 22.9 Å². The first-order valence-corrected chi connectivity index (χ1v) is 7.29. The summed E-state index contributed by atoms with van der Waals surface area (Å²) in [5, 5.41) is 1.26. The Hall–Kier alpha value is -1.86. The summed E-state index contributed by atoms with van der Waals surface area (Å²) in [4.78, 5) is 4.34. The van der Waals surface area contributed by atoms with E-state index in [0.717, 1.165) is 18.4 Å². The first kappa shape index (κ1) is 13.1. The summed E-state index contributed by atoms with van der Waals surface area (Å²) in [6.45, 7) is 0. The highest BCUT2D eigenvalue weighted by Crippen LogP contribution is 2.26. The van der Waals surface area contributed by atoms with Gasteiger partial charge in [0.25, 0.3) is 0 Å². The minimum Gasteiger partial charge on any atom is -0.256 e. The number of fused-ring (bicyclic) bond motifs is 1. The molecule has 100 valence electrons. The fourth-order valence-electron chi connectivity index (χ4n) is 2.40. The summed E-state index contributed by atoms with van der Waals surface area (Å²) in [6, 6.07) is 20.8. The Morgan fingerprint density at radius 3 is 2.65 bits per heavy atom. The first-order chi connectivity index (χ1) is 9.83. The van der Waals surface area contributed by atoms with E-state index < -0.39 is 0 Å². The van der Waals surface area contributed by atoms with Gasteiger partial charge in [-0.25, -0.2) is 0 Å². The molecule has 1 unspecified atom stereocenters. The molecule has 0 aliphatic rings. The lowest BCUT2D eigenvalue weighted by molar-refractivity contribution is 0.794. The summed E-state index contributed by atoms with van der Waals surface area (Å²) in [6.07, 6.45) is 3.75. The smallest absolute Gasteiger partial charge is 0.0702 e. The lowest BCUT2D eigenvalue weighted by atomic mass is 10.0. The van der Waals surface area contributed by atoms with Crippen LogP contribution in [0.2, 0.25) is 0 Å². The van der Waals surface area contributed by atoms with Crippen molar-refractivity contribution >= 4 is 22.5 Å². The van der Waals surface area contributed by atoms with E-state index in [-0.39, 0.29) is 5.38 Å². The summed E-state index contributed by atoms with van der Waals surface area (Å²) in [5.41, 5.74) is 3.55. The largest absolute Gasteiger partial charge is 0.256 e. The van der Waals surface area contributed by atoms with Crippen LogP contribution in [0.5, 0.6) is 0 Å². The van der Waals surface area contributed by atoms with E-state index in [9.17, 15) is 0 Å². The molecule has 0 aliphatic heterocycles. The molecule has 1 nitrogen and oxygen atoms in total. The zero-order chi connectivity index (χ0) is 13.8. The van der Waals surface area contributed by atoms with Crippen molar-refractivity contribution in [3.8, 4) is 0 Å². The Morgan fingerprint density at radius 1 is 0.950 bits per heavy atom. The van der Waals surface area contributed by atoms with E-state index in [1.807, 2.05) is 30.5 Å². The molecule has 2 aromatic carbocycles. The Labute approximate surface area is 124 Å². The number of aryl methyl sites for hydroxylation is 1. The Kier molecular flexibility index (Phi) is 3.98. The standard InChI is InChI=1S/C18H16ClN/c19-17(15-5-2-1-3-6-15)10-8-14-9-11-18-16(13-14)7-4-12-20-18/h1-7,9,11-13,17H,8,10H2. The van der Waals surface area contributed by atoms with Gasteiger partial charge in [0.1, 0.15) is 0 Å². The number of aromatic nitrogens is 1. The number of nitrogens with zero attached hydrogens (tertiary/aromatic N) is 1. The van der Waals surface area contributed by atoms with Gasteiger partial charge in [-0.15, -0.1) is 11.6 Å². The van der Waals surface area contributed by atoms with Crippen molar-refractivity contribution in [2.75, 3.05) is 0 Å². The van der Waals surface area contributed by atoms with Gasteiger partial charge < -0.3 is 0 Å². The predicted molar refractivity (Wildman–Crippen MR) is 85.1 cm³/mol. The van der Waals surface area contributed by atoms with Gasteiger partial charge in [-0.3, -0.25) is 4.98 Å². The SMILES string of the molecule is ClC(CCc1ccc2ncccc2c1)c1ccccc1. The van der Waals surface area contributed by atoms with Gasteiger partial charge in [-0.2, -0.15) is 0 Å². The molecule has 0 spiro atoms. The molecule has 20 heavy (non-hydrogen) atoms. The first-order valence-electron chi connectivity index (χ1n) is 6.85. The lowest BCUT2D eigenvalue weighted by Gasteiger charge is -2.10. The van der Waals surface area contributed by atoms with Crippen molar-refractivity contribution in [3.05, 3.63) is 78.0 Å². The topological polar surface area (TPSA) is 12.9 Å². The fourth-order valence-corrected chi connectivity index (χ4v) is 2.66. The van der Waals surface area contributed by atoms with Crippen LogP contribution >= 0.6 is 11.6 Å². The summed E-state index contributed by atoms with van der Waals surface area (Å²) in [5.74, 6) is 0. The molecule has 1 heterocycles. The summed E-state index contributed by atoms with van der Waals surface area (Å²) in [7, 11) is 0. The van der Waals surface area contributed by atoms with Gasteiger partial charge in [0.2, 0.25) is 0 Å². The molecule has 2 heteroatoms. The van der Waals surface area contributed by atoms with Crippen LogP contribution in [0, 0.1) is 0 Å². The maximum absolute atomic E-state index is 6.46. The average Bonchev–Trinajstić information content (AvgIpc) is 2.53. The van der Waals surface area contributed by atoms with E-state index in [0.29, 0.717) is 0 Å². The van der Waals surface area contributed by atoms with Gasteiger partial charge in [-0.1, -0.05) is 42.5 Å². The zero-order valence-corrected chi connectivity index (χ0v) is 11.9. The molecule has 3 aromatic rings. The summed E-state index contributed by atoms with van der Waals surface area (Å²) < 4.78 is 0. The third-order valence-corrected chi connectivity index (χ3v) is 3.99. The second-order valence-corrected chi connectivity index (χ2v) is 5.47. The monoisotopic (exact) mass is 281 g/mol. The summed E-state index contributed by atoms with van der Waals surface area (Å²) >= 11 is 6.46. The number of halogens is 1. The maximum Gasteiger partial charge on any atom is 0.0702 e. The number of benzene rings is 2.